The molecule has 4 rings (SSSR count). The lowest BCUT2D eigenvalue weighted by atomic mass is 10.1. The molecule has 1 atom stereocenters. The number of nitrogens with zero attached hydrogens (tertiary/aromatic N) is 4. The number of rotatable bonds is 11. The van der Waals surface area contributed by atoms with E-state index in [0.717, 1.165) is 32.2 Å². The SMILES string of the molecule is [2H]C([2H])(CC)c1nn(C)c2c(=O)[nH]c(-c3cc(S(=O)(=O)NCCC4CCCN4C)ccc3OCCC)nc12. The summed E-state index contributed by atoms with van der Waals surface area (Å²) >= 11 is 0. The van der Waals surface area contributed by atoms with Gasteiger partial charge in [-0.15, -0.1) is 0 Å². The number of benzene rings is 1. The van der Waals surface area contributed by atoms with E-state index in [1.54, 1.807) is 20.0 Å². The summed E-state index contributed by atoms with van der Waals surface area (Å²) in [6.45, 7) is 5.36. The van der Waals surface area contributed by atoms with Crippen LogP contribution in [-0.4, -0.2) is 65.9 Å². The van der Waals surface area contributed by atoms with E-state index in [2.05, 4.69) is 31.7 Å². The van der Waals surface area contributed by atoms with Crippen LogP contribution in [0.15, 0.2) is 27.9 Å². The molecule has 0 radical (unpaired) electrons. The second-order valence-electron chi connectivity index (χ2n) is 9.08. The molecule has 36 heavy (non-hydrogen) atoms. The number of sulfonamides is 1. The van der Waals surface area contributed by atoms with Gasteiger partial charge in [-0.3, -0.25) is 9.48 Å². The van der Waals surface area contributed by atoms with E-state index < -0.39 is 22.0 Å². The van der Waals surface area contributed by atoms with Crippen LogP contribution in [0.5, 0.6) is 5.75 Å². The number of nitrogens with one attached hydrogen (secondary N) is 2. The van der Waals surface area contributed by atoms with Crippen LogP contribution in [0.4, 0.5) is 0 Å². The van der Waals surface area contributed by atoms with Crippen LogP contribution in [0.1, 0.15) is 54.4 Å². The summed E-state index contributed by atoms with van der Waals surface area (Å²) in [6, 6.07) is 4.82. The minimum Gasteiger partial charge on any atom is -0.493 e. The zero-order valence-corrected chi connectivity index (χ0v) is 22.1. The summed E-state index contributed by atoms with van der Waals surface area (Å²) in [5.41, 5.74) is 0.114. The number of hydrogen-bond donors (Lipinski definition) is 2. The van der Waals surface area contributed by atoms with Gasteiger partial charge in [-0.1, -0.05) is 20.3 Å². The Morgan fingerprint density at radius 2 is 2.08 bits per heavy atom. The maximum absolute atomic E-state index is 13.2. The highest BCUT2D eigenvalue weighted by Gasteiger charge is 2.23. The molecule has 1 aliphatic rings. The Bertz CT molecular complexity index is 1470. The molecule has 1 fully saturated rings. The second kappa shape index (κ2) is 11.1. The van der Waals surface area contributed by atoms with E-state index in [9.17, 15) is 13.2 Å². The number of aromatic amines is 1. The van der Waals surface area contributed by atoms with Crippen LogP contribution in [0.25, 0.3) is 22.4 Å². The van der Waals surface area contributed by atoms with Crippen molar-refractivity contribution < 1.29 is 15.9 Å². The standard InChI is InChI=1S/C25H36N6O4S/c1-5-8-20-22-23(31(4)29-20)25(32)28-24(27-22)19-16-18(10-11-21(19)35-15-6-2)36(33,34)26-13-12-17-9-7-14-30(17)3/h10-11,16-17,26H,5-9,12-15H2,1-4H3,(H,27,28,32)/i8D2. The number of likely N-dealkylation sites (tertiary alicyclic amines) is 1. The Kier molecular flexibility index (Phi) is 7.29. The van der Waals surface area contributed by atoms with Gasteiger partial charge in [-0.25, -0.2) is 18.1 Å². The van der Waals surface area contributed by atoms with Crippen molar-refractivity contribution in [2.24, 2.45) is 7.05 Å². The van der Waals surface area contributed by atoms with Gasteiger partial charge in [0.25, 0.3) is 5.56 Å². The number of fused-ring (bicyclic) bond motifs is 1. The van der Waals surface area contributed by atoms with Crippen LogP contribution in [0.3, 0.4) is 0 Å². The highest BCUT2D eigenvalue weighted by atomic mass is 32.2. The molecule has 0 spiro atoms. The minimum absolute atomic E-state index is 0.0224. The van der Waals surface area contributed by atoms with Crippen LogP contribution in [0, 0.1) is 0 Å². The summed E-state index contributed by atoms with van der Waals surface area (Å²) < 4.78 is 53.0. The van der Waals surface area contributed by atoms with Crippen LogP contribution < -0.4 is 15.0 Å². The first kappa shape index (κ1) is 23.6. The number of aromatic nitrogens is 4. The fourth-order valence-electron chi connectivity index (χ4n) is 4.58. The van der Waals surface area contributed by atoms with E-state index in [4.69, 9.17) is 7.48 Å². The number of H-pyrrole nitrogens is 1. The summed E-state index contributed by atoms with van der Waals surface area (Å²) in [4.78, 5) is 22.6. The molecule has 0 amide bonds. The molecule has 196 valence electrons. The molecule has 0 bridgehead atoms. The molecule has 3 heterocycles. The molecule has 3 aromatic rings. The molecule has 11 heteroatoms. The van der Waals surface area contributed by atoms with Crippen LogP contribution in [-0.2, 0) is 23.4 Å². The van der Waals surface area contributed by atoms with Crippen LogP contribution >= 0.6 is 0 Å². The molecule has 10 nitrogen and oxygen atoms in total. The maximum atomic E-state index is 13.2. The lowest BCUT2D eigenvalue weighted by molar-refractivity contribution is 0.297. The molecular formula is C25H36N6O4S. The number of ether oxygens (including phenoxy) is 1. The highest BCUT2D eigenvalue weighted by Crippen LogP contribution is 2.31. The topological polar surface area (TPSA) is 122 Å². The van der Waals surface area contributed by atoms with E-state index in [1.165, 1.54) is 16.8 Å². The third kappa shape index (κ3) is 5.47. The summed E-state index contributed by atoms with van der Waals surface area (Å²) in [7, 11) is -0.226. The van der Waals surface area contributed by atoms with Crippen molar-refractivity contribution in [3.05, 3.63) is 34.2 Å². The van der Waals surface area contributed by atoms with E-state index in [0.29, 0.717) is 30.5 Å². The molecule has 1 unspecified atom stereocenters. The molecule has 0 saturated carbocycles. The number of hydrogen-bond acceptors (Lipinski definition) is 7. The second-order valence-corrected chi connectivity index (χ2v) is 10.9. The van der Waals surface area contributed by atoms with E-state index in [-0.39, 0.29) is 33.9 Å². The van der Waals surface area contributed by atoms with Gasteiger partial charge in [-0.05, 0) is 63.8 Å². The normalized spacial score (nSPS) is 17.9. The first-order chi connectivity index (χ1) is 18.0. The Morgan fingerprint density at radius 1 is 1.28 bits per heavy atom. The van der Waals surface area contributed by atoms with Gasteiger partial charge >= 0.3 is 0 Å². The summed E-state index contributed by atoms with van der Waals surface area (Å²) in [5, 5.41) is 4.25. The maximum Gasteiger partial charge on any atom is 0.277 e. The fraction of sp³-hybridized carbons (Fsp3) is 0.560. The predicted molar refractivity (Wildman–Crippen MR) is 140 cm³/mol. The largest absolute Gasteiger partial charge is 0.493 e. The minimum atomic E-state index is -3.84. The van der Waals surface area contributed by atoms with Gasteiger partial charge in [0.15, 0.2) is 5.52 Å². The zero-order chi connectivity index (χ0) is 27.7. The van der Waals surface area contributed by atoms with Gasteiger partial charge in [0.2, 0.25) is 10.0 Å². The summed E-state index contributed by atoms with van der Waals surface area (Å²) in [6.07, 6.45) is 1.95. The quantitative estimate of drug-likeness (QED) is 0.400. The van der Waals surface area contributed by atoms with Crippen molar-refractivity contribution >= 4 is 21.1 Å². The van der Waals surface area contributed by atoms with Crippen molar-refractivity contribution in [2.75, 3.05) is 26.7 Å². The molecule has 2 N–H and O–H groups in total. The average molecular weight is 519 g/mol. The lowest BCUT2D eigenvalue weighted by Crippen LogP contribution is -2.31. The number of aryl methyl sites for hydroxylation is 2. The Hall–Kier alpha value is -2.76. The van der Waals surface area contributed by atoms with E-state index in [1.807, 2.05) is 6.92 Å². The monoisotopic (exact) mass is 518 g/mol. The molecule has 1 aromatic carbocycles. The zero-order valence-electron chi connectivity index (χ0n) is 23.3. The highest BCUT2D eigenvalue weighted by molar-refractivity contribution is 7.89. The van der Waals surface area contributed by atoms with Gasteiger partial charge in [0, 0.05) is 22.4 Å². The van der Waals surface area contributed by atoms with Gasteiger partial charge in [-0.2, -0.15) is 5.10 Å². The first-order valence-electron chi connectivity index (χ1n) is 13.4. The average Bonchev–Trinajstić information content (AvgIpc) is 3.45. The van der Waals surface area contributed by atoms with Crippen LogP contribution in [0.2, 0.25) is 0 Å². The van der Waals surface area contributed by atoms with Crippen molar-refractivity contribution in [1.82, 2.24) is 29.4 Å². The third-order valence-corrected chi connectivity index (χ3v) is 7.92. The first-order valence-corrected chi connectivity index (χ1v) is 13.9. The van der Waals surface area contributed by atoms with Gasteiger partial charge < -0.3 is 14.6 Å². The lowest BCUT2D eigenvalue weighted by Gasteiger charge is -2.19. The summed E-state index contributed by atoms with van der Waals surface area (Å²) in [5.74, 6) is 0.448. The van der Waals surface area contributed by atoms with E-state index >= 15 is 0 Å². The fourth-order valence-corrected chi connectivity index (χ4v) is 5.65. The predicted octanol–water partition coefficient (Wildman–Crippen LogP) is 2.83. The van der Waals surface area contributed by atoms with Gasteiger partial charge in [0.1, 0.15) is 17.1 Å². The molecule has 2 aromatic heterocycles. The molecular weight excluding hydrogens is 480 g/mol. The third-order valence-electron chi connectivity index (χ3n) is 6.46. The molecule has 1 saturated heterocycles. The molecule has 1 aliphatic heterocycles. The Labute approximate surface area is 214 Å². The Morgan fingerprint density at radius 3 is 2.78 bits per heavy atom. The van der Waals surface area contributed by atoms with Crippen molar-refractivity contribution in [3.8, 4) is 17.1 Å². The Balaban J connectivity index is 1.75. The van der Waals surface area contributed by atoms with Crippen molar-refractivity contribution in [2.45, 2.75) is 63.3 Å². The van der Waals surface area contributed by atoms with Gasteiger partial charge in [0.05, 0.1) is 22.8 Å². The van der Waals surface area contributed by atoms with Crippen molar-refractivity contribution in [3.63, 3.8) is 0 Å². The van der Waals surface area contributed by atoms with Crippen molar-refractivity contribution in [1.29, 1.82) is 0 Å². The molecule has 0 aliphatic carbocycles. The smallest absolute Gasteiger partial charge is 0.277 e.